The molecule has 0 fully saturated rings. The third-order valence-electron chi connectivity index (χ3n) is 1.39. The van der Waals surface area contributed by atoms with Crippen LogP contribution in [0.5, 0.6) is 0 Å². The number of rotatable bonds is 2. The molecule has 6 heteroatoms. The van der Waals surface area contributed by atoms with Gasteiger partial charge in [-0.1, -0.05) is 23.2 Å². The Morgan fingerprint density at radius 1 is 1.36 bits per heavy atom. The molecular weight excluding hydrogens is 338 g/mol. The highest BCUT2D eigenvalue weighted by molar-refractivity contribution is 14.0. The summed E-state index contributed by atoms with van der Waals surface area (Å²) in [5.41, 5.74) is 5.70. The normalized spacial score (nSPS) is 9.07. The Kier molecular flexibility index (Phi) is 6.43. The number of carbonyl (C=O) groups excluding carboxylic acids is 1. The van der Waals surface area contributed by atoms with Crippen LogP contribution in [0.25, 0.3) is 0 Å². The summed E-state index contributed by atoms with van der Waals surface area (Å²) >= 11 is 11.4. The topological polar surface area (TPSA) is 55.1 Å². The summed E-state index contributed by atoms with van der Waals surface area (Å²) in [7, 11) is 0. The number of hydrogen-bond acceptors (Lipinski definition) is 2. The average molecular weight is 347 g/mol. The number of nitrogens with one attached hydrogen (secondary N) is 1. The first kappa shape index (κ1) is 14.0. The number of hydrogen-bond donors (Lipinski definition) is 2. The van der Waals surface area contributed by atoms with Gasteiger partial charge in [0.2, 0.25) is 5.91 Å². The Morgan fingerprint density at radius 2 is 2.00 bits per heavy atom. The van der Waals surface area contributed by atoms with Gasteiger partial charge in [-0.25, -0.2) is 0 Å². The molecular formula is C8H9Cl2IN2O. The van der Waals surface area contributed by atoms with Crippen LogP contribution < -0.4 is 11.1 Å². The van der Waals surface area contributed by atoms with Gasteiger partial charge in [0.25, 0.3) is 0 Å². The zero-order chi connectivity index (χ0) is 9.84. The van der Waals surface area contributed by atoms with Crippen molar-refractivity contribution in [1.82, 2.24) is 0 Å². The van der Waals surface area contributed by atoms with E-state index < -0.39 is 0 Å². The van der Waals surface area contributed by atoms with Crippen molar-refractivity contribution in [3.05, 3.63) is 28.2 Å². The fourth-order valence-corrected chi connectivity index (χ4v) is 1.08. The van der Waals surface area contributed by atoms with Crippen molar-refractivity contribution >= 4 is 58.8 Å². The van der Waals surface area contributed by atoms with E-state index in [1.54, 1.807) is 18.2 Å². The van der Waals surface area contributed by atoms with Crippen LogP contribution in [0, 0.1) is 0 Å². The van der Waals surface area contributed by atoms with Crippen molar-refractivity contribution in [3.8, 4) is 0 Å². The van der Waals surface area contributed by atoms with Crippen molar-refractivity contribution < 1.29 is 4.79 Å². The third kappa shape index (κ3) is 4.00. The zero-order valence-electron chi connectivity index (χ0n) is 7.09. The molecule has 0 aromatic heterocycles. The molecule has 0 unspecified atom stereocenters. The molecule has 1 aromatic rings. The van der Waals surface area contributed by atoms with Gasteiger partial charge < -0.3 is 11.1 Å². The second kappa shape index (κ2) is 6.44. The molecule has 0 heterocycles. The Hall–Kier alpha value is -0.0400. The van der Waals surface area contributed by atoms with Crippen LogP contribution in [0.3, 0.4) is 0 Å². The number of nitrogens with two attached hydrogens (primary N) is 1. The first-order valence-corrected chi connectivity index (χ1v) is 4.34. The van der Waals surface area contributed by atoms with E-state index in [-0.39, 0.29) is 36.4 Å². The summed E-state index contributed by atoms with van der Waals surface area (Å²) in [6.45, 7) is -0.0553. The summed E-state index contributed by atoms with van der Waals surface area (Å²) in [4.78, 5) is 10.9. The molecule has 3 nitrogen and oxygen atoms in total. The maximum Gasteiger partial charge on any atom is 0.238 e. The van der Waals surface area contributed by atoms with E-state index >= 15 is 0 Å². The number of amides is 1. The minimum atomic E-state index is -0.265. The molecule has 0 bridgehead atoms. The van der Waals surface area contributed by atoms with Gasteiger partial charge in [-0.3, -0.25) is 4.79 Å². The maximum atomic E-state index is 10.9. The van der Waals surface area contributed by atoms with Crippen LogP contribution in [-0.2, 0) is 4.79 Å². The molecule has 14 heavy (non-hydrogen) atoms. The largest absolute Gasteiger partial charge is 0.325 e. The fourth-order valence-electron chi connectivity index (χ4n) is 0.786. The van der Waals surface area contributed by atoms with Crippen molar-refractivity contribution in [2.24, 2.45) is 5.73 Å². The van der Waals surface area contributed by atoms with Crippen LogP contribution in [-0.4, -0.2) is 12.5 Å². The first-order chi connectivity index (χ1) is 6.13. The second-order valence-corrected chi connectivity index (χ2v) is 3.20. The van der Waals surface area contributed by atoms with Gasteiger partial charge in [0.05, 0.1) is 16.6 Å². The average Bonchev–Trinajstić information content (AvgIpc) is 2.11. The van der Waals surface area contributed by atoms with Crippen molar-refractivity contribution in [1.29, 1.82) is 0 Å². The van der Waals surface area contributed by atoms with Crippen LogP contribution in [0.15, 0.2) is 18.2 Å². The molecule has 0 radical (unpaired) electrons. The molecule has 0 atom stereocenters. The Balaban J connectivity index is 0.00000169. The highest BCUT2D eigenvalue weighted by Crippen LogP contribution is 2.24. The van der Waals surface area contributed by atoms with Crippen LogP contribution in [0.1, 0.15) is 0 Å². The van der Waals surface area contributed by atoms with Crippen LogP contribution >= 0.6 is 47.2 Å². The molecule has 0 aliphatic carbocycles. The third-order valence-corrected chi connectivity index (χ3v) is 2.13. The lowest BCUT2D eigenvalue weighted by Crippen LogP contribution is -2.21. The smallest absolute Gasteiger partial charge is 0.238 e. The van der Waals surface area contributed by atoms with E-state index in [1.807, 2.05) is 0 Å². The van der Waals surface area contributed by atoms with E-state index in [0.717, 1.165) is 0 Å². The van der Waals surface area contributed by atoms with Crippen molar-refractivity contribution in [2.45, 2.75) is 0 Å². The van der Waals surface area contributed by atoms with Crippen LogP contribution in [0.2, 0.25) is 10.0 Å². The van der Waals surface area contributed by atoms with Gasteiger partial charge in [-0.15, -0.1) is 24.0 Å². The van der Waals surface area contributed by atoms with Crippen molar-refractivity contribution in [2.75, 3.05) is 11.9 Å². The molecule has 3 N–H and O–H groups in total. The molecule has 1 rings (SSSR count). The number of benzene rings is 1. The molecule has 78 valence electrons. The SMILES string of the molecule is I.NCC(=O)Nc1ccc(Cl)c(Cl)c1. The zero-order valence-corrected chi connectivity index (χ0v) is 10.9. The molecule has 0 spiro atoms. The molecule has 0 saturated heterocycles. The molecule has 0 saturated carbocycles. The lowest BCUT2D eigenvalue weighted by Gasteiger charge is -2.03. The summed E-state index contributed by atoms with van der Waals surface area (Å²) in [6.07, 6.45) is 0. The van der Waals surface area contributed by atoms with E-state index in [0.29, 0.717) is 15.7 Å². The minimum absolute atomic E-state index is 0. The number of halogens is 3. The van der Waals surface area contributed by atoms with Gasteiger partial charge in [-0.2, -0.15) is 0 Å². The standard InChI is InChI=1S/C8H8Cl2N2O.HI/c9-6-2-1-5(3-7(6)10)12-8(13)4-11;/h1-3H,4,11H2,(H,12,13);1H. The van der Waals surface area contributed by atoms with Crippen LogP contribution in [0.4, 0.5) is 5.69 Å². The van der Waals surface area contributed by atoms with Crippen molar-refractivity contribution in [3.63, 3.8) is 0 Å². The minimum Gasteiger partial charge on any atom is -0.325 e. The van der Waals surface area contributed by atoms with Gasteiger partial charge in [0.15, 0.2) is 0 Å². The summed E-state index contributed by atoms with van der Waals surface area (Å²) < 4.78 is 0. The Labute approximate surface area is 109 Å². The fraction of sp³-hybridized carbons (Fsp3) is 0.125. The Bertz CT molecular complexity index is 333. The van der Waals surface area contributed by atoms with Gasteiger partial charge >= 0.3 is 0 Å². The molecule has 1 aromatic carbocycles. The highest BCUT2D eigenvalue weighted by atomic mass is 127. The lowest BCUT2D eigenvalue weighted by molar-refractivity contribution is -0.114. The summed E-state index contributed by atoms with van der Waals surface area (Å²) in [5, 5.41) is 3.40. The van der Waals surface area contributed by atoms with E-state index in [9.17, 15) is 4.79 Å². The predicted octanol–water partition coefficient (Wildman–Crippen LogP) is 2.51. The van der Waals surface area contributed by atoms with E-state index in [4.69, 9.17) is 28.9 Å². The summed E-state index contributed by atoms with van der Waals surface area (Å²) in [6, 6.07) is 4.83. The van der Waals surface area contributed by atoms with E-state index in [1.165, 1.54) is 0 Å². The highest BCUT2D eigenvalue weighted by Gasteiger charge is 2.01. The maximum absolute atomic E-state index is 10.9. The van der Waals surface area contributed by atoms with Gasteiger partial charge in [0.1, 0.15) is 0 Å². The molecule has 0 aliphatic heterocycles. The molecule has 0 aliphatic rings. The number of anilines is 1. The predicted molar refractivity (Wildman–Crippen MR) is 69.6 cm³/mol. The Morgan fingerprint density at radius 3 is 2.50 bits per heavy atom. The number of carbonyl (C=O) groups is 1. The second-order valence-electron chi connectivity index (χ2n) is 2.38. The molecule has 1 amide bonds. The monoisotopic (exact) mass is 346 g/mol. The van der Waals surface area contributed by atoms with Gasteiger partial charge in [0, 0.05) is 5.69 Å². The summed E-state index contributed by atoms with van der Waals surface area (Å²) in [5.74, 6) is -0.265. The van der Waals surface area contributed by atoms with Gasteiger partial charge in [-0.05, 0) is 18.2 Å². The lowest BCUT2D eigenvalue weighted by atomic mass is 10.3. The first-order valence-electron chi connectivity index (χ1n) is 3.58. The quantitative estimate of drug-likeness (QED) is 0.808. The van der Waals surface area contributed by atoms with E-state index in [2.05, 4.69) is 5.32 Å².